The van der Waals surface area contributed by atoms with Gasteiger partial charge in [-0.1, -0.05) is 0 Å². The van der Waals surface area contributed by atoms with Gasteiger partial charge in [0.2, 0.25) is 0 Å². The highest BCUT2D eigenvalue weighted by molar-refractivity contribution is 7.89. The first-order valence-corrected chi connectivity index (χ1v) is 6.59. The lowest BCUT2D eigenvalue weighted by Crippen LogP contribution is -2.36. The van der Waals surface area contributed by atoms with Crippen LogP contribution in [0.15, 0.2) is 17.0 Å². The Balaban J connectivity index is 3.31. The molecule has 1 aromatic rings. The minimum atomic E-state index is -4.04. The number of hydrogen-bond donors (Lipinski definition) is 2. The van der Waals surface area contributed by atoms with Crippen molar-refractivity contribution >= 4 is 10.0 Å². The van der Waals surface area contributed by atoms with E-state index in [1.807, 2.05) is 0 Å². The van der Waals surface area contributed by atoms with Crippen molar-refractivity contribution < 1.29 is 17.2 Å². The highest BCUT2D eigenvalue weighted by Gasteiger charge is 2.23. The van der Waals surface area contributed by atoms with Crippen molar-refractivity contribution in [2.75, 3.05) is 21.1 Å². The molecule has 18 heavy (non-hydrogen) atoms. The molecule has 102 valence electrons. The van der Waals surface area contributed by atoms with Crippen molar-refractivity contribution in [2.24, 2.45) is 0 Å². The van der Waals surface area contributed by atoms with Crippen molar-refractivity contribution in [3.8, 4) is 0 Å². The number of hydrogen-bond acceptors (Lipinski definition) is 4. The Morgan fingerprint density at radius 2 is 1.89 bits per heavy atom. The Bertz CT molecular complexity index is 532. The maximum Gasteiger partial charge on any atom is 0.256 e. The SMILES string of the molecule is CNCc1c(F)ccc(S(=O)(=O)NN(C)C)c1F. The Morgan fingerprint density at radius 3 is 2.39 bits per heavy atom. The van der Waals surface area contributed by atoms with Crippen molar-refractivity contribution in [2.45, 2.75) is 11.4 Å². The van der Waals surface area contributed by atoms with Gasteiger partial charge >= 0.3 is 0 Å². The highest BCUT2D eigenvalue weighted by atomic mass is 32.2. The second kappa shape index (κ2) is 5.70. The Hall–Kier alpha value is -1.09. The summed E-state index contributed by atoms with van der Waals surface area (Å²) in [5, 5.41) is 3.74. The molecule has 5 nitrogen and oxygen atoms in total. The summed E-state index contributed by atoms with van der Waals surface area (Å²) < 4.78 is 50.9. The molecule has 0 unspecified atom stereocenters. The maximum absolute atomic E-state index is 13.9. The van der Waals surface area contributed by atoms with E-state index in [1.165, 1.54) is 21.1 Å². The molecule has 0 radical (unpaired) electrons. The molecule has 2 N–H and O–H groups in total. The molecule has 0 saturated heterocycles. The van der Waals surface area contributed by atoms with Crippen LogP contribution in [0.25, 0.3) is 0 Å². The van der Waals surface area contributed by atoms with Crippen LogP contribution in [0.5, 0.6) is 0 Å². The largest absolute Gasteiger partial charge is 0.315 e. The first-order chi connectivity index (χ1) is 8.29. The predicted molar refractivity (Wildman–Crippen MR) is 63.1 cm³/mol. The third-order valence-electron chi connectivity index (χ3n) is 2.10. The van der Waals surface area contributed by atoms with E-state index in [0.29, 0.717) is 0 Å². The lowest BCUT2D eigenvalue weighted by Gasteiger charge is -2.14. The van der Waals surface area contributed by atoms with Crippen molar-refractivity contribution in [1.82, 2.24) is 15.2 Å². The average molecular weight is 279 g/mol. The first kappa shape index (κ1) is 15.0. The van der Waals surface area contributed by atoms with E-state index in [9.17, 15) is 17.2 Å². The summed E-state index contributed by atoms with van der Waals surface area (Å²) in [5.41, 5.74) is -0.306. The summed E-state index contributed by atoms with van der Waals surface area (Å²) in [6.07, 6.45) is 0. The molecule has 0 fully saturated rings. The lowest BCUT2D eigenvalue weighted by molar-refractivity contribution is 0.362. The van der Waals surface area contributed by atoms with E-state index in [2.05, 4.69) is 10.1 Å². The number of halogens is 2. The Kier molecular flexibility index (Phi) is 4.74. The van der Waals surface area contributed by atoms with Gasteiger partial charge in [0.25, 0.3) is 10.0 Å². The molecular weight excluding hydrogens is 264 g/mol. The van der Waals surface area contributed by atoms with Gasteiger partial charge in [0, 0.05) is 26.2 Å². The molecule has 0 amide bonds. The van der Waals surface area contributed by atoms with Gasteiger partial charge in [-0.3, -0.25) is 0 Å². The van der Waals surface area contributed by atoms with E-state index in [0.717, 1.165) is 17.1 Å². The number of sulfonamides is 1. The normalized spacial score (nSPS) is 12.1. The van der Waals surface area contributed by atoms with Crippen LogP contribution in [0, 0.1) is 11.6 Å². The standard InChI is InChI=1S/C10H15F2N3O2S/c1-13-6-7-8(11)4-5-9(10(7)12)18(16,17)14-15(2)3/h4-5,13-14H,6H2,1-3H3. The van der Waals surface area contributed by atoms with Gasteiger partial charge in [0.05, 0.1) is 0 Å². The van der Waals surface area contributed by atoms with Gasteiger partial charge in [0.1, 0.15) is 10.7 Å². The quantitative estimate of drug-likeness (QED) is 0.768. The zero-order chi connectivity index (χ0) is 13.9. The number of benzene rings is 1. The first-order valence-electron chi connectivity index (χ1n) is 5.11. The minimum Gasteiger partial charge on any atom is -0.315 e. The zero-order valence-corrected chi connectivity index (χ0v) is 11.1. The van der Waals surface area contributed by atoms with Crippen molar-refractivity contribution in [3.05, 3.63) is 29.3 Å². The van der Waals surface area contributed by atoms with Crippen LogP contribution in [0.4, 0.5) is 8.78 Å². The third-order valence-corrected chi connectivity index (χ3v) is 3.60. The summed E-state index contributed by atoms with van der Waals surface area (Å²) in [5.74, 6) is -1.87. The second-order valence-electron chi connectivity index (χ2n) is 3.86. The van der Waals surface area contributed by atoms with Crippen molar-refractivity contribution in [3.63, 3.8) is 0 Å². The molecule has 0 aromatic heterocycles. The van der Waals surface area contributed by atoms with E-state index in [4.69, 9.17) is 0 Å². The van der Waals surface area contributed by atoms with Crippen LogP contribution in [-0.4, -0.2) is 34.6 Å². The van der Waals surface area contributed by atoms with Crippen LogP contribution < -0.4 is 10.1 Å². The Labute approximate surface area is 105 Å². The highest BCUT2D eigenvalue weighted by Crippen LogP contribution is 2.20. The minimum absolute atomic E-state index is 0.0943. The fourth-order valence-corrected chi connectivity index (χ4v) is 2.60. The molecule has 0 aliphatic carbocycles. The number of nitrogens with one attached hydrogen (secondary N) is 2. The van der Waals surface area contributed by atoms with Crippen LogP contribution in [0.3, 0.4) is 0 Å². The van der Waals surface area contributed by atoms with E-state index < -0.39 is 26.6 Å². The second-order valence-corrected chi connectivity index (χ2v) is 5.49. The van der Waals surface area contributed by atoms with Gasteiger partial charge in [-0.15, -0.1) is 4.83 Å². The molecule has 1 rings (SSSR count). The van der Waals surface area contributed by atoms with Gasteiger partial charge in [-0.2, -0.15) is 0 Å². The fourth-order valence-electron chi connectivity index (χ4n) is 1.41. The van der Waals surface area contributed by atoms with E-state index >= 15 is 0 Å². The molecule has 0 aliphatic rings. The summed E-state index contributed by atoms with van der Waals surface area (Å²) in [7, 11) is 0.374. The molecule has 0 aliphatic heterocycles. The van der Waals surface area contributed by atoms with Gasteiger partial charge in [0.15, 0.2) is 5.82 Å². The van der Waals surface area contributed by atoms with Gasteiger partial charge in [-0.25, -0.2) is 22.2 Å². The summed E-state index contributed by atoms with van der Waals surface area (Å²) in [6, 6.07) is 1.83. The van der Waals surface area contributed by atoms with Crippen LogP contribution in [-0.2, 0) is 16.6 Å². The van der Waals surface area contributed by atoms with Gasteiger partial charge < -0.3 is 5.32 Å². The molecule has 0 saturated carbocycles. The van der Waals surface area contributed by atoms with Crippen LogP contribution >= 0.6 is 0 Å². The summed E-state index contributed by atoms with van der Waals surface area (Å²) in [6.45, 7) is -0.0943. The summed E-state index contributed by atoms with van der Waals surface area (Å²) >= 11 is 0. The molecule has 0 atom stereocenters. The van der Waals surface area contributed by atoms with Crippen molar-refractivity contribution in [1.29, 1.82) is 0 Å². The third kappa shape index (κ3) is 3.22. The summed E-state index contributed by atoms with van der Waals surface area (Å²) in [4.78, 5) is 1.51. The number of nitrogens with zero attached hydrogens (tertiary/aromatic N) is 1. The molecule has 1 aromatic carbocycles. The average Bonchev–Trinajstić information content (AvgIpc) is 2.21. The zero-order valence-electron chi connectivity index (χ0n) is 10.3. The van der Waals surface area contributed by atoms with Crippen LogP contribution in [0.2, 0.25) is 0 Å². The lowest BCUT2D eigenvalue weighted by atomic mass is 10.2. The fraction of sp³-hybridized carbons (Fsp3) is 0.400. The topological polar surface area (TPSA) is 61.4 Å². The molecule has 8 heteroatoms. The maximum atomic E-state index is 13.9. The van der Waals surface area contributed by atoms with E-state index in [1.54, 1.807) is 0 Å². The molecular formula is C10H15F2N3O2S. The number of hydrazine groups is 1. The van der Waals surface area contributed by atoms with E-state index in [-0.39, 0.29) is 12.1 Å². The van der Waals surface area contributed by atoms with Gasteiger partial charge in [-0.05, 0) is 19.2 Å². The molecule has 0 spiro atoms. The Morgan fingerprint density at radius 1 is 1.28 bits per heavy atom. The molecule has 0 bridgehead atoms. The predicted octanol–water partition coefficient (Wildman–Crippen LogP) is 0.439. The molecule has 0 heterocycles. The number of rotatable bonds is 5. The van der Waals surface area contributed by atoms with Crippen LogP contribution in [0.1, 0.15) is 5.56 Å². The smallest absolute Gasteiger partial charge is 0.256 e. The monoisotopic (exact) mass is 279 g/mol.